The van der Waals surface area contributed by atoms with Gasteiger partial charge in [-0.05, 0) is 16.7 Å². The predicted molar refractivity (Wildman–Crippen MR) is 269 cm³/mol. The molecule has 79 heavy (non-hydrogen) atoms. The number of nitrogens with one attached hydrogen (secondary N) is 2. The van der Waals surface area contributed by atoms with E-state index in [1.807, 2.05) is 36.4 Å². The fourth-order valence-corrected chi connectivity index (χ4v) is 9.16. The van der Waals surface area contributed by atoms with Gasteiger partial charge in [-0.2, -0.15) is 0 Å². The van der Waals surface area contributed by atoms with E-state index in [2.05, 4.69) is 10.6 Å². The lowest BCUT2D eigenvalue weighted by Crippen LogP contribution is -2.70. The van der Waals surface area contributed by atoms with Crippen molar-refractivity contribution in [1.82, 2.24) is 10.6 Å². The van der Waals surface area contributed by atoms with Crippen LogP contribution in [-0.2, 0) is 124 Å². The van der Waals surface area contributed by atoms with Gasteiger partial charge >= 0.3 is 35.8 Å². The minimum atomic E-state index is -1.73. The van der Waals surface area contributed by atoms with Gasteiger partial charge in [0.15, 0.2) is 43.3 Å². The van der Waals surface area contributed by atoms with Crippen LogP contribution in [0.25, 0.3) is 0 Å². The third kappa shape index (κ3) is 18.6. The Morgan fingerprint density at radius 1 is 0.380 bits per heavy atom. The summed E-state index contributed by atoms with van der Waals surface area (Å²) in [6.07, 6.45) is -19.6. The number of carbonyl (C=O) groups is 8. The lowest BCUT2D eigenvalue weighted by molar-refractivity contribution is -0.382. The van der Waals surface area contributed by atoms with Gasteiger partial charge < -0.3 is 76.9 Å². The second-order valence-electron chi connectivity index (χ2n) is 18.7. The number of esters is 6. The van der Waals surface area contributed by atoms with Gasteiger partial charge in [0.1, 0.15) is 61.9 Å². The molecule has 3 saturated heterocycles. The molecule has 24 nitrogen and oxygen atoms in total. The molecule has 0 bridgehead atoms. The summed E-state index contributed by atoms with van der Waals surface area (Å²) in [7, 11) is 0. The summed E-state index contributed by atoms with van der Waals surface area (Å²) in [6.45, 7) is 7.45. The Hall–Kier alpha value is -6.90. The van der Waals surface area contributed by atoms with E-state index in [1.54, 1.807) is 54.6 Å². The molecule has 0 saturated carbocycles. The van der Waals surface area contributed by atoms with Crippen molar-refractivity contribution in [3.05, 3.63) is 108 Å². The summed E-state index contributed by atoms with van der Waals surface area (Å²) in [5, 5.41) is 5.44. The number of benzene rings is 3. The van der Waals surface area contributed by atoms with Crippen molar-refractivity contribution in [3.8, 4) is 0 Å². The van der Waals surface area contributed by atoms with Gasteiger partial charge in [0.2, 0.25) is 11.8 Å². The maximum Gasteiger partial charge on any atom is 0.303 e. The van der Waals surface area contributed by atoms with E-state index in [9.17, 15) is 38.4 Å². The molecule has 3 fully saturated rings. The number of rotatable bonds is 24. The summed E-state index contributed by atoms with van der Waals surface area (Å²) >= 11 is 0. The summed E-state index contributed by atoms with van der Waals surface area (Å²) in [6, 6.07) is 24.2. The number of ether oxygens (including phenoxy) is 14. The van der Waals surface area contributed by atoms with Gasteiger partial charge in [-0.1, -0.05) is 91.0 Å². The van der Waals surface area contributed by atoms with Gasteiger partial charge in [0, 0.05) is 55.4 Å². The van der Waals surface area contributed by atoms with Crippen LogP contribution >= 0.6 is 0 Å². The maximum absolute atomic E-state index is 13.2. The Morgan fingerprint density at radius 3 is 1.13 bits per heavy atom. The van der Waals surface area contributed by atoms with Crippen molar-refractivity contribution >= 4 is 47.6 Å². The van der Waals surface area contributed by atoms with Crippen LogP contribution in [0.3, 0.4) is 0 Å². The van der Waals surface area contributed by atoms with Crippen LogP contribution in [0.15, 0.2) is 91.0 Å². The molecule has 0 unspecified atom stereocenters. The van der Waals surface area contributed by atoms with Crippen molar-refractivity contribution in [2.24, 2.45) is 0 Å². The first-order valence-electron chi connectivity index (χ1n) is 25.5. The lowest BCUT2D eigenvalue weighted by Gasteiger charge is -2.51. The first kappa shape index (κ1) is 61.3. The fourth-order valence-electron chi connectivity index (χ4n) is 9.16. The van der Waals surface area contributed by atoms with E-state index >= 15 is 0 Å². The Kier molecular flexibility index (Phi) is 23.2. The second kappa shape index (κ2) is 29.9. The zero-order valence-electron chi connectivity index (χ0n) is 45.0. The molecule has 430 valence electrons. The van der Waals surface area contributed by atoms with Crippen molar-refractivity contribution < 1.29 is 105 Å². The Balaban J connectivity index is 1.55. The number of carbonyl (C=O) groups excluding carboxylic acids is 8. The molecule has 0 radical (unpaired) electrons. The maximum atomic E-state index is 13.2. The SMILES string of the molecule is CC(=O)N[C@H]1[C@@H](O[C@H]2[C@@H](OCc3ccccc3)[C@@H](O[C@@H]3O[C@@H](COC(C)=O)[C@H](OC(C)=O)[C@@H](OC(C)=O)[C@H]3NC(C)=O)[C@@H](OCc3ccccc3)O[C@H]2COCc2ccccc2)O[C@@H](COC(C)=O)[C@@H](OC(C)=O)[C@@H]1OC(C)=O. The van der Waals surface area contributed by atoms with E-state index in [4.69, 9.17) is 66.3 Å². The number of hydrogen-bond donors (Lipinski definition) is 2. The van der Waals surface area contributed by atoms with Gasteiger partial charge in [0.05, 0.1) is 26.4 Å². The largest absolute Gasteiger partial charge is 0.463 e. The first-order valence-corrected chi connectivity index (χ1v) is 25.5. The number of amides is 2. The molecular weight excluding hydrogens is 1040 g/mol. The molecule has 0 aliphatic carbocycles. The summed E-state index contributed by atoms with van der Waals surface area (Å²) < 4.78 is 87.6. The van der Waals surface area contributed by atoms with Gasteiger partial charge in [0.25, 0.3) is 0 Å². The zero-order chi connectivity index (χ0) is 57.2. The van der Waals surface area contributed by atoms with Crippen LogP contribution in [0, 0.1) is 0 Å². The fraction of sp³-hybridized carbons (Fsp3) is 0.527. The topological polar surface area (TPSA) is 290 Å². The standard InChI is InChI=1S/C55H68N2O22/c1-30(58)56-44-49(73-36(7)64)46(71-34(5)62)42(28-67-32(3)60)75-53(44)78-48-41(27-66-24-38-18-12-9-13-19-38)77-55(70-26-40-22-16-11-17-23-40)52(51(48)69-25-39-20-14-10-15-21-39)79-54-45(57-31(2)59)50(74-37(8)65)47(72-35(6)63)43(76-54)29-68-33(4)61/h9-23,41-55H,24-29H2,1-8H3,(H,56,58)(H,57,59)/t41-,42-,43-,44+,45+,46+,47-,48+,49+,50-,51+,52+,53+,54-,55-/m0/s1. The molecular formula is C55H68N2O22. The van der Waals surface area contributed by atoms with Gasteiger partial charge in [-0.25, -0.2) is 0 Å². The summed E-state index contributed by atoms with van der Waals surface area (Å²) in [5.41, 5.74) is 2.14. The van der Waals surface area contributed by atoms with E-state index in [0.29, 0.717) is 11.1 Å². The molecule has 2 N–H and O–H groups in total. The zero-order valence-corrected chi connectivity index (χ0v) is 45.0. The van der Waals surface area contributed by atoms with E-state index < -0.39 is 153 Å². The quantitative estimate of drug-likeness (QED) is 0.0963. The average molecular weight is 1110 g/mol. The van der Waals surface area contributed by atoms with Crippen LogP contribution < -0.4 is 10.6 Å². The normalized spacial score (nSPS) is 28.4. The van der Waals surface area contributed by atoms with E-state index in [1.165, 1.54) is 13.8 Å². The molecule has 3 aromatic rings. The first-order chi connectivity index (χ1) is 37.8. The molecule has 2 amide bonds. The molecule has 3 heterocycles. The molecule has 3 aliphatic rings. The highest BCUT2D eigenvalue weighted by molar-refractivity contribution is 5.74. The Bertz CT molecular complexity index is 2500. The molecule has 6 rings (SSSR count). The summed E-state index contributed by atoms with van der Waals surface area (Å²) in [5.74, 6) is -6.20. The van der Waals surface area contributed by atoms with Crippen LogP contribution in [0.2, 0.25) is 0 Å². The minimum Gasteiger partial charge on any atom is -0.463 e. The van der Waals surface area contributed by atoms with Crippen molar-refractivity contribution in [2.75, 3.05) is 19.8 Å². The molecule has 0 aromatic heterocycles. The highest BCUT2D eigenvalue weighted by atomic mass is 16.8. The molecule has 0 spiro atoms. The molecule has 24 heteroatoms. The van der Waals surface area contributed by atoms with Crippen LogP contribution in [0.4, 0.5) is 0 Å². The smallest absolute Gasteiger partial charge is 0.303 e. The lowest BCUT2D eigenvalue weighted by atomic mass is 9.94. The van der Waals surface area contributed by atoms with Gasteiger partial charge in [-0.15, -0.1) is 0 Å². The van der Waals surface area contributed by atoms with Gasteiger partial charge in [-0.3, -0.25) is 38.4 Å². The van der Waals surface area contributed by atoms with Crippen molar-refractivity contribution in [1.29, 1.82) is 0 Å². The van der Waals surface area contributed by atoms with E-state index in [-0.39, 0.29) is 26.4 Å². The second-order valence-corrected chi connectivity index (χ2v) is 18.7. The highest BCUT2D eigenvalue weighted by Crippen LogP contribution is 2.38. The molecule has 3 aliphatic heterocycles. The van der Waals surface area contributed by atoms with Crippen LogP contribution in [0.5, 0.6) is 0 Å². The van der Waals surface area contributed by atoms with E-state index in [0.717, 1.165) is 47.1 Å². The van der Waals surface area contributed by atoms with Crippen LogP contribution in [0.1, 0.15) is 72.1 Å². The average Bonchev–Trinajstić information content (AvgIpc) is 3.55. The molecule has 3 aromatic carbocycles. The predicted octanol–water partition coefficient (Wildman–Crippen LogP) is 2.81. The Labute approximate surface area is 456 Å². The third-order valence-corrected chi connectivity index (χ3v) is 12.3. The Morgan fingerprint density at radius 2 is 0.734 bits per heavy atom. The van der Waals surface area contributed by atoms with Crippen molar-refractivity contribution in [2.45, 2.75) is 167 Å². The minimum absolute atomic E-state index is 0.0645. The van der Waals surface area contributed by atoms with Crippen LogP contribution in [-0.4, -0.2) is 159 Å². The monoisotopic (exact) mass is 1110 g/mol. The third-order valence-electron chi connectivity index (χ3n) is 12.3. The summed E-state index contributed by atoms with van der Waals surface area (Å²) in [4.78, 5) is 102. The molecule has 15 atom stereocenters. The number of hydrogen-bond acceptors (Lipinski definition) is 22. The highest BCUT2D eigenvalue weighted by Gasteiger charge is 2.58. The van der Waals surface area contributed by atoms with Crippen molar-refractivity contribution in [3.63, 3.8) is 0 Å².